The normalized spacial score (nSPS) is 20.1. The number of hydrogen-bond donors (Lipinski definition) is 2. The fourth-order valence-corrected chi connectivity index (χ4v) is 4.85. The first-order valence-corrected chi connectivity index (χ1v) is 11.9. The summed E-state index contributed by atoms with van der Waals surface area (Å²) in [4.78, 5) is 11.1. The van der Waals surface area contributed by atoms with Crippen molar-refractivity contribution >= 4 is 5.97 Å². The highest BCUT2D eigenvalue weighted by Crippen LogP contribution is 2.29. The van der Waals surface area contributed by atoms with Gasteiger partial charge in [-0.25, -0.2) is 0 Å². The van der Waals surface area contributed by atoms with Gasteiger partial charge < -0.3 is 15.4 Å². The maximum absolute atomic E-state index is 11.1. The van der Waals surface area contributed by atoms with E-state index in [0.29, 0.717) is 25.1 Å². The first-order valence-electron chi connectivity index (χ1n) is 11.9. The SMILES string of the molecule is CCCCC(CCCCCCCOC(=O)CC)NC1CC(C)(C)NC(C)(C)C1. The topological polar surface area (TPSA) is 50.4 Å². The van der Waals surface area contributed by atoms with Crippen molar-refractivity contribution in [3.63, 3.8) is 0 Å². The number of hydrogen-bond acceptors (Lipinski definition) is 4. The van der Waals surface area contributed by atoms with Gasteiger partial charge >= 0.3 is 5.97 Å². The summed E-state index contributed by atoms with van der Waals surface area (Å²) in [6.45, 7) is 14.1. The summed E-state index contributed by atoms with van der Waals surface area (Å²) in [5.74, 6) is -0.0749. The van der Waals surface area contributed by atoms with E-state index in [0.717, 1.165) is 6.42 Å². The summed E-state index contributed by atoms with van der Waals surface area (Å²) in [7, 11) is 0. The lowest BCUT2D eigenvalue weighted by molar-refractivity contribution is -0.143. The molecule has 0 saturated carbocycles. The standard InChI is InChI=1S/C24H48N2O2/c1-7-9-15-20(16-13-11-10-12-14-17-28-22(27)8-2)25-21-18-23(3,4)26-24(5,6)19-21/h20-21,25-26H,7-19H2,1-6H3. The molecule has 1 fully saturated rings. The van der Waals surface area contributed by atoms with Crippen LogP contribution in [0.15, 0.2) is 0 Å². The zero-order chi connectivity index (χ0) is 21.0. The molecule has 1 aliphatic rings. The number of esters is 1. The molecule has 1 unspecified atom stereocenters. The van der Waals surface area contributed by atoms with Crippen molar-refractivity contribution in [3.05, 3.63) is 0 Å². The maximum atomic E-state index is 11.1. The van der Waals surface area contributed by atoms with Gasteiger partial charge in [0, 0.05) is 29.6 Å². The van der Waals surface area contributed by atoms with E-state index in [1.165, 1.54) is 64.2 Å². The third-order valence-corrected chi connectivity index (χ3v) is 5.82. The van der Waals surface area contributed by atoms with Gasteiger partial charge in [0.25, 0.3) is 0 Å². The van der Waals surface area contributed by atoms with E-state index in [1.807, 2.05) is 6.92 Å². The van der Waals surface area contributed by atoms with Crippen LogP contribution in [0.25, 0.3) is 0 Å². The molecule has 1 rings (SSSR count). The molecule has 1 saturated heterocycles. The number of unbranched alkanes of at least 4 members (excludes halogenated alkanes) is 5. The molecule has 4 heteroatoms. The Hall–Kier alpha value is -0.610. The molecule has 0 aliphatic carbocycles. The van der Waals surface area contributed by atoms with Crippen molar-refractivity contribution in [2.75, 3.05) is 6.61 Å². The van der Waals surface area contributed by atoms with Gasteiger partial charge in [0.1, 0.15) is 0 Å². The van der Waals surface area contributed by atoms with Crippen LogP contribution < -0.4 is 10.6 Å². The van der Waals surface area contributed by atoms with Crippen molar-refractivity contribution in [1.82, 2.24) is 10.6 Å². The molecule has 28 heavy (non-hydrogen) atoms. The zero-order valence-corrected chi connectivity index (χ0v) is 19.7. The molecule has 0 spiro atoms. The summed E-state index contributed by atoms with van der Waals surface area (Å²) in [5, 5.41) is 7.83. The predicted octanol–water partition coefficient (Wildman–Crippen LogP) is 5.74. The van der Waals surface area contributed by atoms with Gasteiger partial charge in [-0.3, -0.25) is 4.79 Å². The Labute approximate surface area is 175 Å². The fraction of sp³-hybridized carbons (Fsp3) is 0.958. The van der Waals surface area contributed by atoms with Gasteiger partial charge in [0.15, 0.2) is 0 Å². The molecule has 1 heterocycles. The Balaban J connectivity index is 2.30. The van der Waals surface area contributed by atoms with E-state index in [2.05, 4.69) is 45.3 Å². The number of nitrogens with one attached hydrogen (secondary N) is 2. The van der Waals surface area contributed by atoms with Gasteiger partial charge in [0.05, 0.1) is 6.61 Å². The minimum Gasteiger partial charge on any atom is -0.466 e. The van der Waals surface area contributed by atoms with Crippen LogP contribution in [-0.2, 0) is 9.53 Å². The second kappa shape index (κ2) is 12.8. The van der Waals surface area contributed by atoms with E-state index in [4.69, 9.17) is 4.74 Å². The number of carbonyl (C=O) groups is 1. The minimum absolute atomic E-state index is 0.0749. The smallest absolute Gasteiger partial charge is 0.305 e. The Morgan fingerprint density at radius 3 is 2.14 bits per heavy atom. The van der Waals surface area contributed by atoms with E-state index >= 15 is 0 Å². The molecule has 0 aromatic heterocycles. The molecule has 0 radical (unpaired) electrons. The van der Waals surface area contributed by atoms with Crippen molar-refractivity contribution in [1.29, 1.82) is 0 Å². The number of piperidine rings is 1. The van der Waals surface area contributed by atoms with E-state index < -0.39 is 0 Å². The molecular formula is C24H48N2O2. The molecule has 166 valence electrons. The van der Waals surface area contributed by atoms with Gasteiger partial charge in [-0.1, -0.05) is 52.4 Å². The lowest BCUT2D eigenvalue weighted by Crippen LogP contribution is -2.62. The molecule has 4 nitrogen and oxygen atoms in total. The highest BCUT2D eigenvalue weighted by Gasteiger charge is 2.38. The van der Waals surface area contributed by atoms with E-state index in [9.17, 15) is 4.79 Å². The second-order valence-corrected chi connectivity index (χ2v) is 10.1. The Kier molecular flexibility index (Phi) is 11.7. The van der Waals surface area contributed by atoms with Crippen LogP contribution in [0.4, 0.5) is 0 Å². The van der Waals surface area contributed by atoms with Crippen LogP contribution in [0.1, 0.15) is 119 Å². The molecule has 2 N–H and O–H groups in total. The number of ether oxygens (including phenoxy) is 1. The van der Waals surface area contributed by atoms with Crippen LogP contribution in [0.5, 0.6) is 0 Å². The van der Waals surface area contributed by atoms with Crippen molar-refractivity contribution in [3.8, 4) is 0 Å². The van der Waals surface area contributed by atoms with Crippen LogP contribution >= 0.6 is 0 Å². The van der Waals surface area contributed by atoms with E-state index in [1.54, 1.807) is 0 Å². The fourth-order valence-electron chi connectivity index (χ4n) is 4.85. The highest BCUT2D eigenvalue weighted by molar-refractivity contribution is 5.68. The molecule has 1 atom stereocenters. The second-order valence-electron chi connectivity index (χ2n) is 10.1. The first kappa shape index (κ1) is 25.4. The first-order chi connectivity index (χ1) is 13.2. The zero-order valence-electron chi connectivity index (χ0n) is 19.7. The molecule has 0 aromatic carbocycles. The lowest BCUT2D eigenvalue weighted by Gasteiger charge is -2.47. The molecule has 1 aliphatic heterocycles. The van der Waals surface area contributed by atoms with Crippen molar-refractivity contribution in [2.45, 2.75) is 142 Å². The summed E-state index contributed by atoms with van der Waals surface area (Å²) in [5.41, 5.74) is 0.409. The largest absolute Gasteiger partial charge is 0.466 e. The molecule has 0 bridgehead atoms. The molecule has 0 amide bonds. The number of rotatable bonds is 14. The Morgan fingerprint density at radius 2 is 1.54 bits per heavy atom. The van der Waals surface area contributed by atoms with Crippen LogP contribution in [0.3, 0.4) is 0 Å². The minimum atomic E-state index is -0.0749. The molecular weight excluding hydrogens is 348 g/mol. The Morgan fingerprint density at radius 1 is 0.964 bits per heavy atom. The predicted molar refractivity (Wildman–Crippen MR) is 120 cm³/mol. The van der Waals surface area contributed by atoms with E-state index in [-0.39, 0.29) is 17.0 Å². The van der Waals surface area contributed by atoms with Gasteiger partial charge in [-0.15, -0.1) is 0 Å². The summed E-state index contributed by atoms with van der Waals surface area (Å²) in [6.07, 6.45) is 14.1. The monoisotopic (exact) mass is 396 g/mol. The van der Waals surface area contributed by atoms with Crippen LogP contribution in [0, 0.1) is 0 Å². The lowest BCUT2D eigenvalue weighted by atomic mass is 9.79. The summed E-state index contributed by atoms with van der Waals surface area (Å²) in [6, 6.07) is 1.27. The highest BCUT2D eigenvalue weighted by atomic mass is 16.5. The third-order valence-electron chi connectivity index (χ3n) is 5.82. The maximum Gasteiger partial charge on any atom is 0.305 e. The van der Waals surface area contributed by atoms with Crippen molar-refractivity contribution in [2.24, 2.45) is 0 Å². The third kappa shape index (κ3) is 11.4. The van der Waals surface area contributed by atoms with Crippen LogP contribution in [0.2, 0.25) is 0 Å². The van der Waals surface area contributed by atoms with Gasteiger partial charge in [0.2, 0.25) is 0 Å². The average Bonchev–Trinajstić information content (AvgIpc) is 2.58. The number of carbonyl (C=O) groups excluding carboxylic acids is 1. The van der Waals surface area contributed by atoms with Gasteiger partial charge in [-0.05, 0) is 59.8 Å². The summed E-state index contributed by atoms with van der Waals surface area (Å²) < 4.78 is 5.14. The average molecular weight is 397 g/mol. The molecule has 0 aromatic rings. The van der Waals surface area contributed by atoms with Gasteiger partial charge in [-0.2, -0.15) is 0 Å². The van der Waals surface area contributed by atoms with Crippen molar-refractivity contribution < 1.29 is 9.53 Å². The van der Waals surface area contributed by atoms with Crippen LogP contribution in [-0.4, -0.2) is 35.7 Å². The summed E-state index contributed by atoms with van der Waals surface area (Å²) >= 11 is 0. The Bertz CT molecular complexity index is 418. The quantitative estimate of drug-likeness (QED) is 0.290.